The Balaban J connectivity index is 1.85. The minimum absolute atomic E-state index is 0.102. The zero-order chi connectivity index (χ0) is 11.4. The second-order valence-electron chi connectivity index (χ2n) is 5.19. The Kier molecular flexibility index (Phi) is 3.82. The standard InChI is InChI=1S/C13H20N2O/c14-7-8-15-13(16)12-6-5-10-3-1-2-4-11(10)9-12/h10-12H,1-6,8-9H2,(H,15,16). The van der Waals surface area contributed by atoms with Crippen LogP contribution in [0.5, 0.6) is 0 Å². The molecule has 3 unspecified atom stereocenters. The molecule has 0 heterocycles. The highest BCUT2D eigenvalue weighted by molar-refractivity contribution is 5.78. The van der Waals surface area contributed by atoms with Crippen molar-refractivity contribution in [1.29, 1.82) is 5.26 Å². The molecule has 0 radical (unpaired) electrons. The lowest BCUT2D eigenvalue weighted by molar-refractivity contribution is -0.127. The number of carbonyl (C=O) groups is 1. The number of carbonyl (C=O) groups excluding carboxylic acids is 1. The molecule has 2 aliphatic rings. The molecule has 0 saturated heterocycles. The molecule has 3 atom stereocenters. The Labute approximate surface area is 97.2 Å². The van der Waals surface area contributed by atoms with Crippen molar-refractivity contribution in [2.45, 2.75) is 44.9 Å². The van der Waals surface area contributed by atoms with Crippen LogP contribution in [0.3, 0.4) is 0 Å². The van der Waals surface area contributed by atoms with Gasteiger partial charge < -0.3 is 5.32 Å². The van der Waals surface area contributed by atoms with Gasteiger partial charge in [0.25, 0.3) is 0 Å². The maximum Gasteiger partial charge on any atom is 0.223 e. The average molecular weight is 220 g/mol. The second kappa shape index (κ2) is 5.34. The highest BCUT2D eigenvalue weighted by Gasteiger charge is 2.34. The molecule has 1 amide bonds. The van der Waals surface area contributed by atoms with Crippen LogP contribution in [-0.2, 0) is 4.79 Å². The molecule has 3 heteroatoms. The largest absolute Gasteiger partial charge is 0.343 e. The van der Waals surface area contributed by atoms with Crippen molar-refractivity contribution in [3.05, 3.63) is 0 Å². The van der Waals surface area contributed by atoms with E-state index in [1.54, 1.807) is 0 Å². The van der Waals surface area contributed by atoms with Gasteiger partial charge in [-0.1, -0.05) is 25.7 Å². The van der Waals surface area contributed by atoms with E-state index in [4.69, 9.17) is 5.26 Å². The van der Waals surface area contributed by atoms with Gasteiger partial charge in [0.15, 0.2) is 0 Å². The Bertz CT molecular complexity index is 295. The fourth-order valence-electron chi connectivity index (χ4n) is 3.38. The molecule has 0 aromatic heterocycles. The molecule has 16 heavy (non-hydrogen) atoms. The summed E-state index contributed by atoms with van der Waals surface area (Å²) < 4.78 is 0. The van der Waals surface area contributed by atoms with E-state index in [0.29, 0.717) is 0 Å². The third kappa shape index (κ3) is 2.55. The highest BCUT2D eigenvalue weighted by atomic mass is 16.1. The van der Waals surface area contributed by atoms with Gasteiger partial charge in [0.05, 0.1) is 6.07 Å². The van der Waals surface area contributed by atoms with E-state index in [1.807, 2.05) is 6.07 Å². The first-order valence-electron chi connectivity index (χ1n) is 6.46. The zero-order valence-electron chi connectivity index (χ0n) is 9.74. The fourth-order valence-corrected chi connectivity index (χ4v) is 3.38. The van der Waals surface area contributed by atoms with E-state index in [-0.39, 0.29) is 18.4 Å². The maximum atomic E-state index is 11.8. The Morgan fingerprint density at radius 1 is 1.19 bits per heavy atom. The van der Waals surface area contributed by atoms with Crippen molar-refractivity contribution in [1.82, 2.24) is 5.32 Å². The number of hydrogen-bond donors (Lipinski definition) is 1. The number of fused-ring (bicyclic) bond motifs is 1. The summed E-state index contributed by atoms with van der Waals surface area (Å²) in [6.07, 6.45) is 8.71. The molecular formula is C13H20N2O. The molecule has 2 fully saturated rings. The lowest BCUT2D eigenvalue weighted by Gasteiger charge is -2.38. The van der Waals surface area contributed by atoms with Crippen LogP contribution >= 0.6 is 0 Å². The van der Waals surface area contributed by atoms with Crippen LogP contribution in [0.15, 0.2) is 0 Å². The Morgan fingerprint density at radius 3 is 2.69 bits per heavy atom. The molecule has 0 aromatic carbocycles. The summed E-state index contributed by atoms with van der Waals surface area (Å²) in [5, 5.41) is 11.1. The van der Waals surface area contributed by atoms with Gasteiger partial charge in [-0.2, -0.15) is 5.26 Å². The molecule has 2 aliphatic carbocycles. The number of hydrogen-bond acceptors (Lipinski definition) is 2. The molecule has 2 saturated carbocycles. The number of nitrogens with one attached hydrogen (secondary N) is 1. The molecule has 0 aliphatic heterocycles. The maximum absolute atomic E-state index is 11.8. The summed E-state index contributed by atoms with van der Waals surface area (Å²) in [7, 11) is 0. The van der Waals surface area contributed by atoms with Crippen LogP contribution in [0.25, 0.3) is 0 Å². The Morgan fingerprint density at radius 2 is 1.94 bits per heavy atom. The smallest absolute Gasteiger partial charge is 0.223 e. The number of amides is 1. The zero-order valence-corrected chi connectivity index (χ0v) is 9.74. The van der Waals surface area contributed by atoms with Gasteiger partial charge in [0.1, 0.15) is 6.54 Å². The SMILES string of the molecule is N#CCNC(=O)C1CCC2CCCCC2C1. The number of nitriles is 1. The van der Waals surface area contributed by atoms with E-state index < -0.39 is 0 Å². The van der Waals surface area contributed by atoms with Crippen molar-refractivity contribution >= 4 is 5.91 Å². The monoisotopic (exact) mass is 220 g/mol. The number of rotatable bonds is 2. The first-order valence-corrected chi connectivity index (χ1v) is 6.46. The molecular weight excluding hydrogens is 200 g/mol. The predicted molar refractivity (Wildman–Crippen MR) is 61.4 cm³/mol. The van der Waals surface area contributed by atoms with Gasteiger partial charge in [0, 0.05) is 5.92 Å². The molecule has 3 nitrogen and oxygen atoms in total. The lowest BCUT2D eigenvalue weighted by Crippen LogP contribution is -2.37. The van der Waals surface area contributed by atoms with Crippen molar-refractivity contribution < 1.29 is 4.79 Å². The lowest BCUT2D eigenvalue weighted by atomic mass is 9.67. The first-order chi connectivity index (χ1) is 7.81. The van der Waals surface area contributed by atoms with E-state index in [2.05, 4.69) is 5.32 Å². The molecule has 0 spiro atoms. The van der Waals surface area contributed by atoms with Crippen LogP contribution < -0.4 is 5.32 Å². The first kappa shape index (κ1) is 11.4. The van der Waals surface area contributed by atoms with E-state index in [0.717, 1.165) is 24.7 Å². The summed E-state index contributed by atoms with van der Waals surface area (Å²) in [4.78, 5) is 11.8. The fraction of sp³-hybridized carbons (Fsp3) is 0.846. The molecule has 0 bridgehead atoms. The summed E-state index contributed by atoms with van der Waals surface area (Å²) in [6, 6.07) is 1.96. The van der Waals surface area contributed by atoms with Gasteiger partial charge >= 0.3 is 0 Å². The normalized spacial score (nSPS) is 33.6. The molecule has 88 valence electrons. The average Bonchev–Trinajstić information content (AvgIpc) is 2.35. The summed E-state index contributed by atoms with van der Waals surface area (Å²) in [5.41, 5.74) is 0. The van der Waals surface area contributed by atoms with Crippen LogP contribution in [0.4, 0.5) is 0 Å². The molecule has 2 rings (SSSR count). The predicted octanol–water partition coefficient (Wildman–Crippen LogP) is 2.23. The van der Waals surface area contributed by atoms with Crippen LogP contribution in [0.2, 0.25) is 0 Å². The van der Waals surface area contributed by atoms with E-state index in [1.165, 1.54) is 32.1 Å². The van der Waals surface area contributed by atoms with Gasteiger partial charge in [-0.25, -0.2) is 0 Å². The van der Waals surface area contributed by atoms with Gasteiger partial charge in [-0.15, -0.1) is 0 Å². The van der Waals surface area contributed by atoms with Crippen molar-refractivity contribution in [2.24, 2.45) is 17.8 Å². The van der Waals surface area contributed by atoms with Gasteiger partial charge in [-0.3, -0.25) is 4.79 Å². The third-order valence-electron chi connectivity index (χ3n) is 4.25. The summed E-state index contributed by atoms with van der Waals surface area (Å²) in [5.74, 6) is 1.94. The molecule has 0 aromatic rings. The highest BCUT2D eigenvalue weighted by Crippen LogP contribution is 2.42. The second-order valence-corrected chi connectivity index (χ2v) is 5.19. The third-order valence-corrected chi connectivity index (χ3v) is 4.25. The minimum atomic E-state index is 0.102. The molecule has 1 N–H and O–H groups in total. The topological polar surface area (TPSA) is 52.9 Å². The van der Waals surface area contributed by atoms with Crippen molar-refractivity contribution in [3.63, 3.8) is 0 Å². The van der Waals surface area contributed by atoms with Crippen LogP contribution in [-0.4, -0.2) is 12.5 Å². The number of nitrogens with zero attached hydrogens (tertiary/aromatic N) is 1. The van der Waals surface area contributed by atoms with E-state index in [9.17, 15) is 4.79 Å². The summed E-state index contributed by atoms with van der Waals surface area (Å²) >= 11 is 0. The minimum Gasteiger partial charge on any atom is -0.343 e. The van der Waals surface area contributed by atoms with Crippen LogP contribution in [0.1, 0.15) is 44.9 Å². The van der Waals surface area contributed by atoms with E-state index >= 15 is 0 Å². The van der Waals surface area contributed by atoms with Gasteiger partial charge in [0.2, 0.25) is 5.91 Å². The van der Waals surface area contributed by atoms with Gasteiger partial charge in [-0.05, 0) is 31.1 Å². The van der Waals surface area contributed by atoms with Crippen molar-refractivity contribution in [2.75, 3.05) is 6.54 Å². The summed E-state index contributed by atoms with van der Waals surface area (Å²) in [6.45, 7) is 0.156. The van der Waals surface area contributed by atoms with Crippen LogP contribution in [0, 0.1) is 29.1 Å². The quantitative estimate of drug-likeness (QED) is 0.725. The van der Waals surface area contributed by atoms with Crippen molar-refractivity contribution in [3.8, 4) is 6.07 Å². The Hall–Kier alpha value is -1.04.